The molecule has 1 fully saturated rings. The Balaban J connectivity index is 2.68. The van der Waals surface area contributed by atoms with E-state index in [0.717, 1.165) is 0 Å². The van der Waals surface area contributed by atoms with Crippen molar-refractivity contribution in [1.29, 1.82) is 0 Å². The maximum atomic E-state index is 12.0. The second-order valence-corrected chi connectivity index (χ2v) is 4.93. The van der Waals surface area contributed by atoms with Gasteiger partial charge in [0.2, 0.25) is 5.91 Å². The maximum absolute atomic E-state index is 12.0. The summed E-state index contributed by atoms with van der Waals surface area (Å²) < 4.78 is 0. The Morgan fingerprint density at radius 3 is 2.53 bits per heavy atom. The normalized spacial score (nSPS) is 24.6. The number of amides is 3. The smallest absolute Gasteiger partial charge is 0.326 e. The zero-order chi connectivity index (χ0) is 14.6. The molecule has 19 heavy (non-hydrogen) atoms. The van der Waals surface area contributed by atoms with Gasteiger partial charge >= 0.3 is 12.0 Å². The summed E-state index contributed by atoms with van der Waals surface area (Å²) in [6, 6.07) is -1.39. The number of urea groups is 1. The van der Waals surface area contributed by atoms with E-state index in [1.807, 2.05) is 6.92 Å². The fraction of sp³-hybridized carbons (Fsp3) is 0.750. The van der Waals surface area contributed by atoms with Crippen LogP contribution in [0.1, 0.15) is 33.1 Å². The van der Waals surface area contributed by atoms with E-state index in [2.05, 4.69) is 5.32 Å². The summed E-state index contributed by atoms with van der Waals surface area (Å²) in [5, 5.41) is 11.4. The lowest BCUT2D eigenvalue weighted by Crippen LogP contribution is -2.55. The molecular weight excluding hydrogens is 250 g/mol. The lowest BCUT2D eigenvalue weighted by molar-refractivity contribution is -0.139. The maximum Gasteiger partial charge on any atom is 0.326 e. The highest BCUT2D eigenvalue weighted by Crippen LogP contribution is 2.21. The molecule has 7 heteroatoms. The average molecular weight is 271 g/mol. The SMILES string of the molecule is CCC(NC(=O)N1CC(C(N)=O)CCC1C)C(=O)O. The predicted octanol–water partition coefficient (Wildman–Crippen LogP) is 0.145. The Kier molecular flexibility index (Phi) is 5.14. The van der Waals surface area contributed by atoms with Crippen LogP contribution in [-0.4, -0.2) is 46.5 Å². The van der Waals surface area contributed by atoms with Gasteiger partial charge in [-0.25, -0.2) is 9.59 Å². The standard InChI is InChI=1S/C12H21N3O4/c1-3-9(11(17)18)14-12(19)15-6-8(10(13)16)5-4-7(15)2/h7-9H,3-6H2,1-2H3,(H2,13,16)(H,14,19)(H,17,18). The number of nitrogens with one attached hydrogen (secondary N) is 1. The molecule has 3 unspecified atom stereocenters. The quantitative estimate of drug-likeness (QED) is 0.675. The summed E-state index contributed by atoms with van der Waals surface area (Å²) in [6.07, 6.45) is 1.66. The number of carboxylic acid groups (broad SMARTS) is 1. The number of carbonyl (C=O) groups excluding carboxylic acids is 2. The number of aliphatic carboxylic acids is 1. The van der Waals surface area contributed by atoms with Gasteiger partial charge in [-0.05, 0) is 26.2 Å². The fourth-order valence-electron chi connectivity index (χ4n) is 2.19. The van der Waals surface area contributed by atoms with Crippen molar-refractivity contribution < 1.29 is 19.5 Å². The van der Waals surface area contributed by atoms with Crippen LogP contribution < -0.4 is 11.1 Å². The van der Waals surface area contributed by atoms with Crippen molar-refractivity contribution >= 4 is 17.9 Å². The molecule has 0 aromatic carbocycles. The zero-order valence-corrected chi connectivity index (χ0v) is 11.3. The van der Waals surface area contributed by atoms with Crippen LogP contribution in [0.4, 0.5) is 4.79 Å². The van der Waals surface area contributed by atoms with Crippen LogP contribution >= 0.6 is 0 Å². The van der Waals surface area contributed by atoms with Crippen LogP contribution in [0, 0.1) is 5.92 Å². The number of rotatable bonds is 4. The van der Waals surface area contributed by atoms with E-state index in [4.69, 9.17) is 10.8 Å². The number of hydrogen-bond acceptors (Lipinski definition) is 3. The van der Waals surface area contributed by atoms with E-state index in [-0.39, 0.29) is 18.5 Å². The third-order valence-corrected chi connectivity index (χ3v) is 3.55. The highest BCUT2D eigenvalue weighted by molar-refractivity contribution is 5.83. The van der Waals surface area contributed by atoms with Gasteiger partial charge in [-0.2, -0.15) is 0 Å². The van der Waals surface area contributed by atoms with Gasteiger partial charge in [-0.3, -0.25) is 4.79 Å². The number of nitrogens with two attached hydrogens (primary N) is 1. The summed E-state index contributed by atoms with van der Waals surface area (Å²) >= 11 is 0. The second-order valence-electron chi connectivity index (χ2n) is 4.93. The molecule has 7 nitrogen and oxygen atoms in total. The number of primary amides is 1. The minimum atomic E-state index is -1.06. The Morgan fingerprint density at radius 1 is 1.42 bits per heavy atom. The van der Waals surface area contributed by atoms with Gasteiger partial charge in [0, 0.05) is 12.6 Å². The van der Waals surface area contributed by atoms with Crippen LogP contribution in [-0.2, 0) is 9.59 Å². The highest BCUT2D eigenvalue weighted by atomic mass is 16.4. The molecule has 0 bridgehead atoms. The van der Waals surface area contributed by atoms with Gasteiger partial charge in [-0.1, -0.05) is 6.92 Å². The summed E-state index contributed by atoms with van der Waals surface area (Å²) in [5.74, 6) is -1.84. The summed E-state index contributed by atoms with van der Waals surface area (Å²) in [7, 11) is 0. The van der Waals surface area contributed by atoms with E-state index in [0.29, 0.717) is 19.3 Å². The van der Waals surface area contributed by atoms with E-state index in [1.54, 1.807) is 6.92 Å². The molecule has 1 heterocycles. The first-order valence-electron chi connectivity index (χ1n) is 6.46. The Morgan fingerprint density at radius 2 is 2.05 bits per heavy atom. The van der Waals surface area contributed by atoms with Gasteiger partial charge in [-0.15, -0.1) is 0 Å². The van der Waals surface area contributed by atoms with Crippen molar-refractivity contribution in [2.75, 3.05) is 6.54 Å². The van der Waals surface area contributed by atoms with Gasteiger partial charge in [0.15, 0.2) is 0 Å². The molecule has 1 rings (SSSR count). The summed E-state index contributed by atoms with van der Waals surface area (Å²) in [5.41, 5.74) is 5.26. The van der Waals surface area contributed by atoms with Crippen LogP contribution in [0.3, 0.4) is 0 Å². The van der Waals surface area contributed by atoms with Crippen LogP contribution in [0.15, 0.2) is 0 Å². The number of carboxylic acids is 1. The second kappa shape index (κ2) is 6.40. The van der Waals surface area contributed by atoms with Crippen molar-refractivity contribution in [2.45, 2.75) is 45.2 Å². The van der Waals surface area contributed by atoms with E-state index >= 15 is 0 Å². The van der Waals surface area contributed by atoms with Crippen LogP contribution in [0.2, 0.25) is 0 Å². The molecule has 1 aliphatic rings. The van der Waals surface area contributed by atoms with Crippen molar-refractivity contribution in [1.82, 2.24) is 10.2 Å². The van der Waals surface area contributed by atoms with Crippen molar-refractivity contribution in [3.8, 4) is 0 Å². The minimum Gasteiger partial charge on any atom is -0.480 e. The van der Waals surface area contributed by atoms with Crippen molar-refractivity contribution in [2.24, 2.45) is 11.7 Å². The van der Waals surface area contributed by atoms with Gasteiger partial charge in [0.05, 0.1) is 5.92 Å². The molecule has 0 aromatic heterocycles. The van der Waals surface area contributed by atoms with Gasteiger partial charge < -0.3 is 21.1 Å². The molecule has 0 aromatic rings. The molecule has 0 saturated carbocycles. The van der Waals surface area contributed by atoms with Crippen molar-refractivity contribution in [3.05, 3.63) is 0 Å². The first-order chi connectivity index (χ1) is 8.86. The van der Waals surface area contributed by atoms with Crippen LogP contribution in [0.5, 0.6) is 0 Å². The number of nitrogens with zero attached hydrogens (tertiary/aromatic N) is 1. The Bertz CT molecular complexity index is 372. The largest absolute Gasteiger partial charge is 0.480 e. The topological polar surface area (TPSA) is 113 Å². The Labute approximate surface area is 112 Å². The third kappa shape index (κ3) is 3.84. The van der Waals surface area contributed by atoms with E-state index in [1.165, 1.54) is 4.90 Å². The fourth-order valence-corrected chi connectivity index (χ4v) is 2.19. The van der Waals surface area contributed by atoms with E-state index < -0.39 is 23.9 Å². The predicted molar refractivity (Wildman–Crippen MR) is 68.3 cm³/mol. The third-order valence-electron chi connectivity index (χ3n) is 3.55. The molecule has 0 spiro atoms. The van der Waals surface area contributed by atoms with Crippen LogP contribution in [0.25, 0.3) is 0 Å². The number of hydrogen-bond donors (Lipinski definition) is 3. The van der Waals surface area contributed by atoms with Crippen molar-refractivity contribution in [3.63, 3.8) is 0 Å². The number of piperidine rings is 1. The molecule has 0 radical (unpaired) electrons. The monoisotopic (exact) mass is 271 g/mol. The zero-order valence-electron chi connectivity index (χ0n) is 11.3. The molecule has 3 amide bonds. The molecule has 4 N–H and O–H groups in total. The molecule has 108 valence electrons. The lowest BCUT2D eigenvalue weighted by atomic mass is 9.93. The summed E-state index contributed by atoms with van der Waals surface area (Å²) in [6.45, 7) is 3.81. The molecule has 1 aliphatic heterocycles. The minimum absolute atomic E-state index is 0.0260. The first kappa shape index (κ1) is 15.3. The molecule has 0 aliphatic carbocycles. The number of likely N-dealkylation sites (tertiary alicyclic amines) is 1. The van der Waals surface area contributed by atoms with Gasteiger partial charge in [0.25, 0.3) is 0 Å². The molecule has 1 saturated heterocycles. The summed E-state index contributed by atoms with van der Waals surface area (Å²) in [4.78, 5) is 35.6. The molecular formula is C12H21N3O4. The first-order valence-corrected chi connectivity index (χ1v) is 6.46. The lowest BCUT2D eigenvalue weighted by Gasteiger charge is -2.37. The van der Waals surface area contributed by atoms with E-state index in [9.17, 15) is 14.4 Å². The Hall–Kier alpha value is -1.79. The highest BCUT2D eigenvalue weighted by Gasteiger charge is 2.32. The molecule has 3 atom stereocenters. The average Bonchev–Trinajstić information content (AvgIpc) is 2.35. The van der Waals surface area contributed by atoms with Gasteiger partial charge in [0.1, 0.15) is 6.04 Å². The number of carbonyl (C=O) groups is 3.